The molecule has 0 unspecified atom stereocenters. The molecule has 1 aliphatic heterocycles. The molecule has 64 valence electrons. The summed E-state index contributed by atoms with van der Waals surface area (Å²) < 4.78 is 5.90. The second kappa shape index (κ2) is 2.78. The van der Waals surface area contributed by atoms with E-state index in [0.29, 0.717) is 5.60 Å². The van der Waals surface area contributed by atoms with Gasteiger partial charge in [0.1, 0.15) is 0 Å². The summed E-state index contributed by atoms with van der Waals surface area (Å²) in [5.74, 6) is 0.904. The lowest BCUT2D eigenvalue weighted by Crippen LogP contribution is -2.36. The Balaban J connectivity index is 2.00. The molecule has 1 heteroatoms. The Kier molecular flexibility index (Phi) is 1.92. The van der Waals surface area contributed by atoms with Crippen molar-refractivity contribution in [3.63, 3.8) is 0 Å². The van der Waals surface area contributed by atoms with Gasteiger partial charge in [-0.05, 0) is 31.6 Å². The molecule has 2 rings (SSSR count). The molecule has 1 aliphatic carbocycles. The van der Waals surface area contributed by atoms with Crippen LogP contribution in [-0.4, -0.2) is 12.2 Å². The summed E-state index contributed by atoms with van der Waals surface area (Å²) in [6, 6.07) is 0. The summed E-state index contributed by atoms with van der Waals surface area (Å²) in [5, 5.41) is 0. The average Bonchev–Trinajstić information content (AvgIpc) is 2.37. The lowest BCUT2D eigenvalue weighted by atomic mass is 9.86. The highest BCUT2D eigenvalue weighted by Gasteiger charge is 2.38. The van der Waals surface area contributed by atoms with E-state index in [1.165, 1.54) is 38.5 Å². The van der Waals surface area contributed by atoms with E-state index in [2.05, 4.69) is 6.92 Å². The largest absolute Gasteiger partial charge is 0.375 e. The molecule has 1 saturated carbocycles. The van der Waals surface area contributed by atoms with Gasteiger partial charge >= 0.3 is 0 Å². The van der Waals surface area contributed by atoms with Crippen LogP contribution in [0.5, 0.6) is 0 Å². The van der Waals surface area contributed by atoms with Crippen molar-refractivity contribution in [2.45, 2.75) is 51.0 Å². The van der Waals surface area contributed by atoms with E-state index < -0.39 is 0 Å². The van der Waals surface area contributed by atoms with Crippen molar-refractivity contribution in [2.24, 2.45) is 5.92 Å². The van der Waals surface area contributed by atoms with Crippen molar-refractivity contribution in [2.75, 3.05) is 6.61 Å². The summed E-state index contributed by atoms with van der Waals surface area (Å²) in [4.78, 5) is 0. The molecule has 0 radical (unpaired) electrons. The van der Waals surface area contributed by atoms with Crippen LogP contribution in [0.2, 0.25) is 0 Å². The van der Waals surface area contributed by atoms with Crippen LogP contribution in [0.1, 0.15) is 45.4 Å². The molecule has 0 aromatic rings. The molecule has 2 fully saturated rings. The van der Waals surface area contributed by atoms with Gasteiger partial charge in [-0.3, -0.25) is 0 Å². The number of rotatable bonds is 0. The monoisotopic (exact) mass is 154 g/mol. The average molecular weight is 154 g/mol. The number of ether oxygens (including phenoxy) is 1. The summed E-state index contributed by atoms with van der Waals surface area (Å²) in [6.07, 6.45) is 8.06. The van der Waals surface area contributed by atoms with E-state index in [1.807, 2.05) is 0 Å². The molecule has 0 bridgehead atoms. The smallest absolute Gasteiger partial charge is 0.0685 e. The van der Waals surface area contributed by atoms with Gasteiger partial charge in [0.05, 0.1) is 5.60 Å². The van der Waals surface area contributed by atoms with Gasteiger partial charge in [-0.15, -0.1) is 0 Å². The first kappa shape index (κ1) is 7.60. The maximum Gasteiger partial charge on any atom is 0.0685 e. The number of hydrogen-bond donors (Lipinski definition) is 0. The maximum absolute atomic E-state index is 5.90. The molecular formula is C10H18O. The fourth-order valence-electron chi connectivity index (χ4n) is 2.64. The van der Waals surface area contributed by atoms with E-state index in [9.17, 15) is 0 Å². The van der Waals surface area contributed by atoms with Crippen LogP contribution in [0.4, 0.5) is 0 Å². The quantitative estimate of drug-likeness (QED) is 0.521. The molecule has 0 aromatic heterocycles. The molecule has 0 N–H and O–H groups in total. The van der Waals surface area contributed by atoms with Crippen molar-refractivity contribution in [3.8, 4) is 0 Å². The number of hydrogen-bond acceptors (Lipinski definition) is 1. The van der Waals surface area contributed by atoms with Crippen molar-refractivity contribution in [1.29, 1.82) is 0 Å². The van der Waals surface area contributed by atoms with Gasteiger partial charge in [-0.1, -0.05) is 19.8 Å². The van der Waals surface area contributed by atoms with E-state index in [-0.39, 0.29) is 0 Å². The minimum atomic E-state index is 0.345. The highest BCUT2D eigenvalue weighted by molar-refractivity contribution is 4.90. The highest BCUT2D eigenvalue weighted by atomic mass is 16.5. The zero-order valence-corrected chi connectivity index (χ0v) is 7.44. The van der Waals surface area contributed by atoms with Crippen molar-refractivity contribution < 1.29 is 4.74 Å². The van der Waals surface area contributed by atoms with Crippen LogP contribution < -0.4 is 0 Å². The third kappa shape index (κ3) is 1.44. The van der Waals surface area contributed by atoms with Gasteiger partial charge in [-0.2, -0.15) is 0 Å². The zero-order valence-electron chi connectivity index (χ0n) is 7.44. The normalized spacial score (nSPS) is 36.3. The molecule has 1 nitrogen and oxygen atoms in total. The third-order valence-corrected chi connectivity index (χ3v) is 3.25. The first-order chi connectivity index (χ1) is 5.31. The third-order valence-electron chi connectivity index (χ3n) is 3.25. The van der Waals surface area contributed by atoms with E-state index >= 15 is 0 Å². The maximum atomic E-state index is 5.90. The molecule has 1 saturated heterocycles. The Hall–Kier alpha value is -0.0400. The lowest BCUT2D eigenvalue weighted by molar-refractivity contribution is -0.0896. The van der Waals surface area contributed by atoms with E-state index in [4.69, 9.17) is 4.74 Å². The van der Waals surface area contributed by atoms with Crippen LogP contribution in [0.3, 0.4) is 0 Å². The Morgan fingerprint density at radius 2 is 2.00 bits per heavy atom. The second-order valence-electron chi connectivity index (χ2n) is 4.34. The van der Waals surface area contributed by atoms with E-state index in [0.717, 1.165) is 12.5 Å². The fraction of sp³-hybridized carbons (Fsp3) is 1.00. The van der Waals surface area contributed by atoms with Crippen molar-refractivity contribution >= 4 is 0 Å². The predicted octanol–water partition coefficient (Wildman–Crippen LogP) is 2.75. The van der Waals surface area contributed by atoms with Crippen LogP contribution in [-0.2, 0) is 4.74 Å². The van der Waals surface area contributed by atoms with Gasteiger partial charge in [0.15, 0.2) is 0 Å². The topological polar surface area (TPSA) is 9.23 Å². The molecule has 2 aliphatic rings. The highest BCUT2D eigenvalue weighted by Crippen LogP contribution is 2.41. The van der Waals surface area contributed by atoms with Crippen molar-refractivity contribution in [3.05, 3.63) is 0 Å². The first-order valence-electron chi connectivity index (χ1n) is 4.95. The predicted molar refractivity (Wildman–Crippen MR) is 45.5 cm³/mol. The Morgan fingerprint density at radius 1 is 1.27 bits per heavy atom. The molecule has 1 spiro atoms. The minimum Gasteiger partial charge on any atom is -0.375 e. The molecular weight excluding hydrogens is 136 g/mol. The fourth-order valence-corrected chi connectivity index (χ4v) is 2.64. The van der Waals surface area contributed by atoms with Crippen molar-refractivity contribution in [1.82, 2.24) is 0 Å². The molecule has 1 heterocycles. The zero-order chi connectivity index (χ0) is 7.73. The lowest BCUT2D eigenvalue weighted by Gasteiger charge is -2.36. The Labute approximate surface area is 69.1 Å². The molecule has 0 aromatic carbocycles. The molecule has 0 amide bonds. The van der Waals surface area contributed by atoms with Gasteiger partial charge < -0.3 is 4.74 Å². The van der Waals surface area contributed by atoms with Gasteiger partial charge in [0, 0.05) is 6.61 Å². The van der Waals surface area contributed by atoms with Crippen LogP contribution >= 0.6 is 0 Å². The summed E-state index contributed by atoms with van der Waals surface area (Å²) >= 11 is 0. The summed E-state index contributed by atoms with van der Waals surface area (Å²) in [5.41, 5.74) is 0.345. The standard InChI is InChI=1S/C10H18O/c1-9-4-7-11-10(8-9)5-2-3-6-10/h9H,2-8H2,1H3/t9-/m1/s1. The minimum absolute atomic E-state index is 0.345. The van der Waals surface area contributed by atoms with Crippen LogP contribution in [0.25, 0.3) is 0 Å². The van der Waals surface area contributed by atoms with Gasteiger partial charge in [-0.25, -0.2) is 0 Å². The summed E-state index contributed by atoms with van der Waals surface area (Å²) in [7, 11) is 0. The SMILES string of the molecule is C[C@@H]1CCOC2(CCCC2)C1. The Morgan fingerprint density at radius 3 is 2.64 bits per heavy atom. The summed E-state index contributed by atoms with van der Waals surface area (Å²) in [6.45, 7) is 3.38. The van der Waals surface area contributed by atoms with Crippen LogP contribution in [0.15, 0.2) is 0 Å². The van der Waals surface area contributed by atoms with Gasteiger partial charge in [0.2, 0.25) is 0 Å². The molecule has 11 heavy (non-hydrogen) atoms. The van der Waals surface area contributed by atoms with Crippen LogP contribution in [0, 0.1) is 5.92 Å². The van der Waals surface area contributed by atoms with Gasteiger partial charge in [0.25, 0.3) is 0 Å². The Bertz CT molecular complexity index is 136. The van der Waals surface area contributed by atoms with E-state index in [1.54, 1.807) is 0 Å². The molecule has 1 atom stereocenters. The first-order valence-corrected chi connectivity index (χ1v) is 4.95. The second-order valence-corrected chi connectivity index (χ2v) is 4.34.